The maximum Gasteiger partial charge on any atom is 0.279 e. The minimum atomic E-state index is -4.01. The van der Waals surface area contributed by atoms with Crippen LogP contribution in [0.1, 0.15) is 39.0 Å². The van der Waals surface area contributed by atoms with Gasteiger partial charge in [-0.15, -0.1) is 0 Å². The number of anilines is 2. The molecule has 7 nitrogen and oxygen atoms in total. The van der Waals surface area contributed by atoms with Gasteiger partial charge in [-0.05, 0) is 79.6 Å². The first-order chi connectivity index (χ1) is 13.8. The Hall–Kier alpha value is -3.13. The average molecular weight is 410 g/mol. The van der Waals surface area contributed by atoms with Crippen LogP contribution in [0.5, 0.6) is 0 Å². The third-order valence-corrected chi connectivity index (χ3v) is 6.30. The van der Waals surface area contributed by atoms with Crippen molar-refractivity contribution in [2.24, 2.45) is 0 Å². The monoisotopic (exact) mass is 410 g/mol. The van der Waals surface area contributed by atoms with Gasteiger partial charge in [0, 0.05) is 11.4 Å². The highest BCUT2D eigenvalue weighted by molar-refractivity contribution is 7.92. The van der Waals surface area contributed by atoms with E-state index in [1.54, 1.807) is 12.1 Å². The Balaban J connectivity index is 1.57. The summed E-state index contributed by atoms with van der Waals surface area (Å²) in [5.74, 6) is -0.530. The van der Waals surface area contributed by atoms with Gasteiger partial charge >= 0.3 is 0 Å². The first-order valence-corrected chi connectivity index (χ1v) is 10.9. The molecule has 0 aliphatic heterocycles. The zero-order valence-electron chi connectivity index (χ0n) is 16.2. The highest BCUT2D eigenvalue weighted by Gasteiger charge is 2.25. The van der Waals surface area contributed by atoms with Gasteiger partial charge in [0.1, 0.15) is 0 Å². The highest BCUT2D eigenvalue weighted by Crippen LogP contribution is 2.26. The first kappa shape index (κ1) is 19.2. The molecule has 3 N–H and O–H groups in total. The Morgan fingerprint density at radius 1 is 1.00 bits per heavy atom. The van der Waals surface area contributed by atoms with Crippen molar-refractivity contribution < 1.29 is 13.2 Å². The Kier molecular flexibility index (Phi) is 4.87. The molecule has 0 spiro atoms. The molecule has 1 amide bonds. The second-order valence-electron chi connectivity index (χ2n) is 7.39. The van der Waals surface area contributed by atoms with E-state index in [0.717, 1.165) is 30.4 Å². The van der Waals surface area contributed by atoms with Crippen LogP contribution in [-0.4, -0.2) is 24.5 Å². The van der Waals surface area contributed by atoms with E-state index in [-0.39, 0.29) is 10.6 Å². The van der Waals surface area contributed by atoms with Crippen molar-refractivity contribution in [2.75, 3.05) is 10.0 Å². The number of aryl methyl sites for hydroxylation is 4. The minimum absolute atomic E-state index is 0.0395. The zero-order valence-corrected chi connectivity index (χ0v) is 17.1. The molecule has 0 bridgehead atoms. The summed E-state index contributed by atoms with van der Waals surface area (Å²) in [6.45, 7) is 3.77. The number of H-pyrrole nitrogens is 1. The van der Waals surface area contributed by atoms with Gasteiger partial charge in [-0.3, -0.25) is 14.6 Å². The van der Waals surface area contributed by atoms with Crippen LogP contribution in [0.4, 0.5) is 11.4 Å². The molecule has 2 aromatic carbocycles. The molecule has 1 aliphatic rings. The lowest BCUT2D eigenvalue weighted by Gasteiger charge is -2.11. The molecule has 29 heavy (non-hydrogen) atoms. The summed E-state index contributed by atoms with van der Waals surface area (Å²) in [7, 11) is -4.01. The van der Waals surface area contributed by atoms with E-state index in [1.165, 1.54) is 17.3 Å². The van der Waals surface area contributed by atoms with Crippen LogP contribution in [0.25, 0.3) is 0 Å². The van der Waals surface area contributed by atoms with Gasteiger partial charge in [-0.1, -0.05) is 12.1 Å². The largest absolute Gasteiger partial charge is 0.322 e. The van der Waals surface area contributed by atoms with Crippen LogP contribution in [0.2, 0.25) is 0 Å². The Morgan fingerprint density at radius 2 is 1.72 bits per heavy atom. The van der Waals surface area contributed by atoms with Crippen LogP contribution in [0.3, 0.4) is 0 Å². The van der Waals surface area contributed by atoms with E-state index in [0.29, 0.717) is 11.4 Å². The van der Waals surface area contributed by atoms with Gasteiger partial charge in [-0.2, -0.15) is 13.5 Å². The number of carbonyl (C=O) groups is 1. The third kappa shape index (κ3) is 4.02. The summed E-state index contributed by atoms with van der Waals surface area (Å²) in [6, 6.07) is 11.2. The molecule has 0 saturated heterocycles. The van der Waals surface area contributed by atoms with Crippen molar-refractivity contribution in [3.8, 4) is 0 Å². The molecule has 0 fully saturated rings. The number of carbonyl (C=O) groups excluding carboxylic acids is 1. The van der Waals surface area contributed by atoms with Crippen molar-refractivity contribution in [3.05, 3.63) is 70.4 Å². The minimum Gasteiger partial charge on any atom is -0.322 e. The number of amides is 1. The second kappa shape index (κ2) is 7.36. The van der Waals surface area contributed by atoms with E-state index in [2.05, 4.69) is 20.2 Å². The fourth-order valence-electron chi connectivity index (χ4n) is 3.73. The molecule has 0 saturated carbocycles. The van der Waals surface area contributed by atoms with Gasteiger partial charge in [0.2, 0.25) is 0 Å². The molecular formula is C21H22N4O3S. The molecule has 0 radical (unpaired) electrons. The molecule has 1 aromatic heterocycles. The smallest absolute Gasteiger partial charge is 0.279 e. The lowest BCUT2D eigenvalue weighted by molar-refractivity contribution is 0.102. The molecule has 150 valence electrons. The quantitative estimate of drug-likeness (QED) is 0.598. The molecule has 0 unspecified atom stereocenters. The van der Waals surface area contributed by atoms with Crippen LogP contribution in [0.15, 0.2) is 47.6 Å². The fourth-order valence-corrected chi connectivity index (χ4v) is 4.87. The topological polar surface area (TPSA) is 104 Å². The van der Waals surface area contributed by atoms with Gasteiger partial charge in [0.15, 0.2) is 5.03 Å². The van der Waals surface area contributed by atoms with E-state index < -0.39 is 15.9 Å². The predicted molar refractivity (Wildman–Crippen MR) is 112 cm³/mol. The summed E-state index contributed by atoms with van der Waals surface area (Å²) in [5, 5.41) is 8.73. The van der Waals surface area contributed by atoms with Gasteiger partial charge in [0.25, 0.3) is 15.9 Å². The molecule has 0 atom stereocenters. The van der Waals surface area contributed by atoms with E-state index in [4.69, 9.17) is 0 Å². The molecule has 1 heterocycles. The first-order valence-electron chi connectivity index (χ1n) is 9.39. The number of hydrogen-bond donors (Lipinski definition) is 3. The number of fused-ring (bicyclic) bond motifs is 1. The van der Waals surface area contributed by atoms with Crippen LogP contribution in [-0.2, 0) is 22.9 Å². The van der Waals surface area contributed by atoms with E-state index >= 15 is 0 Å². The van der Waals surface area contributed by atoms with Crippen molar-refractivity contribution >= 4 is 27.3 Å². The molecule has 1 aliphatic carbocycles. The molecule has 4 rings (SSSR count). The second-order valence-corrected chi connectivity index (χ2v) is 9.01. The van der Waals surface area contributed by atoms with Gasteiger partial charge in [0.05, 0.1) is 11.8 Å². The summed E-state index contributed by atoms with van der Waals surface area (Å²) in [4.78, 5) is 12.7. The van der Waals surface area contributed by atoms with Crippen molar-refractivity contribution in [1.29, 1.82) is 0 Å². The number of hydrogen-bond acceptors (Lipinski definition) is 4. The van der Waals surface area contributed by atoms with Gasteiger partial charge < -0.3 is 5.32 Å². The van der Waals surface area contributed by atoms with Crippen molar-refractivity contribution in [1.82, 2.24) is 10.2 Å². The average Bonchev–Trinajstić information content (AvgIpc) is 3.29. The lowest BCUT2D eigenvalue weighted by Crippen LogP contribution is -2.20. The molecule has 3 aromatic rings. The van der Waals surface area contributed by atoms with Crippen molar-refractivity contribution in [3.63, 3.8) is 0 Å². The number of sulfonamides is 1. The van der Waals surface area contributed by atoms with Crippen LogP contribution >= 0.6 is 0 Å². The maximum atomic E-state index is 12.9. The summed E-state index contributed by atoms with van der Waals surface area (Å²) < 4.78 is 28.2. The Bertz CT molecular complexity index is 1180. The molecular weight excluding hydrogens is 388 g/mol. The number of nitrogens with one attached hydrogen (secondary N) is 3. The standard InChI is InChI=1S/C21H22N4O3S/c1-13-8-14(2)10-18(9-13)25-29(27,28)21-19(12-22-24-21)20(26)23-17-7-6-15-4-3-5-16(15)11-17/h6-12,25H,3-5H2,1-2H3,(H,22,24)(H,23,26). The third-order valence-electron chi connectivity index (χ3n) is 4.95. The number of aromatic amines is 1. The number of rotatable bonds is 5. The number of aromatic nitrogens is 2. The normalized spacial score (nSPS) is 13.2. The number of nitrogens with zero attached hydrogens (tertiary/aromatic N) is 1. The van der Waals surface area contributed by atoms with E-state index in [1.807, 2.05) is 38.1 Å². The Morgan fingerprint density at radius 3 is 2.48 bits per heavy atom. The maximum absolute atomic E-state index is 12.9. The van der Waals surface area contributed by atoms with E-state index in [9.17, 15) is 13.2 Å². The number of benzene rings is 2. The zero-order chi connectivity index (χ0) is 20.6. The van der Waals surface area contributed by atoms with Crippen LogP contribution < -0.4 is 10.0 Å². The highest BCUT2D eigenvalue weighted by atomic mass is 32.2. The summed E-state index contributed by atoms with van der Waals surface area (Å²) >= 11 is 0. The molecule has 8 heteroatoms. The van der Waals surface area contributed by atoms with Crippen molar-refractivity contribution in [2.45, 2.75) is 38.1 Å². The lowest BCUT2D eigenvalue weighted by atomic mass is 10.1. The fraction of sp³-hybridized carbons (Fsp3) is 0.238. The Labute approximate surface area is 169 Å². The predicted octanol–water partition coefficient (Wildman–Crippen LogP) is 3.57. The van der Waals surface area contributed by atoms with Gasteiger partial charge in [-0.25, -0.2) is 0 Å². The van der Waals surface area contributed by atoms with Crippen LogP contribution in [0, 0.1) is 13.8 Å². The summed E-state index contributed by atoms with van der Waals surface area (Å²) in [5.41, 5.74) is 5.42. The summed E-state index contributed by atoms with van der Waals surface area (Å²) in [6.07, 6.45) is 4.38. The SMILES string of the molecule is Cc1cc(C)cc(NS(=O)(=O)c2[nH]ncc2C(=O)Nc2ccc3c(c2)CCC3)c1.